The minimum Gasteiger partial charge on any atom is -0.384 e. The number of carbonyl (C=O) groups excluding carboxylic acids is 1. The van der Waals surface area contributed by atoms with Gasteiger partial charge < -0.3 is 14.9 Å². The summed E-state index contributed by atoms with van der Waals surface area (Å²) >= 11 is 0. The van der Waals surface area contributed by atoms with Crippen LogP contribution >= 0.6 is 0 Å². The summed E-state index contributed by atoms with van der Waals surface area (Å²) in [7, 11) is 0. The van der Waals surface area contributed by atoms with E-state index in [1.165, 1.54) is 18.3 Å². The minimum atomic E-state index is -0.644. The van der Waals surface area contributed by atoms with E-state index in [0.717, 1.165) is 6.07 Å². The van der Waals surface area contributed by atoms with Gasteiger partial charge in [0.2, 0.25) is 0 Å². The van der Waals surface area contributed by atoms with Crippen LogP contribution in [0, 0.1) is 17.7 Å². The van der Waals surface area contributed by atoms with Gasteiger partial charge in [-0.2, -0.15) is 0 Å². The van der Waals surface area contributed by atoms with Crippen molar-refractivity contribution in [2.24, 2.45) is 0 Å². The second kappa shape index (κ2) is 6.50. The van der Waals surface area contributed by atoms with Crippen LogP contribution in [-0.2, 0) is 6.54 Å². The average molecular weight is 274 g/mol. The van der Waals surface area contributed by atoms with Gasteiger partial charge in [0.25, 0.3) is 5.91 Å². The fourth-order valence-corrected chi connectivity index (χ4v) is 1.51. The summed E-state index contributed by atoms with van der Waals surface area (Å²) in [6, 6.07) is 5.52. The SMILES string of the molecule is O=C(NCc1ccno1)c1cc(C#CCO)ccc1F. The number of carbonyl (C=O) groups is 1. The number of hydrogen-bond donors (Lipinski definition) is 2. The van der Waals surface area contributed by atoms with Gasteiger partial charge >= 0.3 is 0 Å². The zero-order chi connectivity index (χ0) is 14.4. The molecule has 0 unspecified atom stereocenters. The molecule has 0 fully saturated rings. The molecule has 0 spiro atoms. The maximum atomic E-state index is 13.6. The van der Waals surface area contributed by atoms with Gasteiger partial charge in [0.1, 0.15) is 12.4 Å². The van der Waals surface area contributed by atoms with Crippen LogP contribution in [0.3, 0.4) is 0 Å². The van der Waals surface area contributed by atoms with Crippen molar-refractivity contribution in [3.8, 4) is 11.8 Å². The van der Waals surface area contributed by atoms with E-state index in [-0.39, 0.29) is 18.7 Å². The van der Waals surface area contributed by atoms with Crippen LogP contribution in [0.25, 0.3) is 0 Å². The van der Waals surface area contributed by atoms with Crippen molar-refractivity contribution < 1.29 is 18.8 Å². The molecule has 2 rings (SSSR count). The molecule has 1 aromatic heterocycles. The third-order valence-electron chi connectivity index (χ3n) is 2.44. The van der Waals surface area contributed by atoms with Gasteiger partial charge in [-0.3, -0.25) is 4.79 Å². The van der Waals surface area contributed by atoms with E-state index in [9.17, 15) is 9.18 Å². The zero-order valence-electron chi connectivity index (χ0n) is 10.4. The number of benzene rings is 1. The highest BCUT2D eigenvalue weighted by Crippen LogP contribution is 2.10. The van der Waals surface area contributed by atoms with Crippen molar-refractivity contribution in [1.29, 1.82) is 0 Å². The van der Waals surface area contributed by atoms with Crippen molar-refractivity contribution in [2.45, 2.75) is 6.54 Å². The Labute approximate surface area is 114 Å². The third-order valence-corrected chi connectivity index (χ3v) is 2.44. The molecule has 0 aliphatic carbocycles. The van der Waals surface area contributed by atoms with Gasteiger partial charge in [0, 0.05) is 11.6 Å². The molecule has 1 heterocycles. The first kappa shape index (κ1) is 13.8. The number of aromatic nitrogens is 1. The van der Waals surface area contributed by atoms with Gasteiger partial charge in [-0.1, -0.05) is 17.0 Å². The summed E-state index contributed by atoms with van der Waals surface area (Å²) in [5.41, 5.74) is 0.333. The maximum absolute atomic E-state index is 13.6. The molecule has 0 bridgehead atoms. The summed E-state index contributed by atoms with van der Waals surface area (Å²) in [5, 5.41) is 14.6. The highest BCUT2D eigenvalue weighted by atomic mass is 19.1. The van der Waals surface area contributed by atoms with Gasteiger partial charge in [-0.05, 0) is 18.2 Å². The van der Waals surface area contributed by atoms with Gasteiger partial charge in [-0.15, -0.1) is 0 Å². The topological polar surface area (TPSA) is 75.4 Å². The van der Waals surface area contributed by atoms with Crippen LogP contribution in [0.1, 0.15) is 21.7 Å². The Morgan fingerprint density at radius 1 is 1.45 bits per heavy atom. The molecule has 102 valence electrons. The highest BCUT2D eigenvalue weighted by Gasteiger charge is 2.12. The summed E-state index contributed by atoms with van der Waals surface area (Å²) < 4.78 is 18.4. The third kappa shape index (κ3) is 3.43. The fourth-order valence-electron chi connectivity index (χ4n) is 1.51. The van der Waals surface area contributed by atoms with Crippen LogP contribution < -0.4 is 5.32 Å². The Hall–Kier alpha value is -2.65. The lowest BCUT2D eigenvalue weighted by Gasteiger charge is -2.04. The molecule has 0 saturated carbocycles. The van der Waals surface area contributed by atoms with E-state index in [1.807, 2.05) is 0 Å². The van der Waals surface area contributed by atoms with Crippen molar-refractivity contribution in [2.75, 3.05) is 6.61 Å². The smallest absolute Gasteiger partial charge is 0.254 e. The number of aliphatic hydroxyl groups is 1. The first-order chi connectivity index (χ1) is 9.70. The molecule has 0 aliphatic heterocycles. The lowest BCUT2D eigenvalue weighted by molar-refractivity contribution is 0.0943. The largest absolute Gasteiger partial charge is 0.384 e. The predicted molar refractivity (Wildman–Crippen MR) is 68.0 cm³/mol. The molecular formula is C14H11FN2O3. The molecule has 0 saturated heterocycles. The Morgan fingerprint density at radius 2 is 2.30 bits per heavy atom. The Morgan fingerprint density at radius 3 is 3.00 bits per heavy atom. The van der Waals surface area contributed by atoms with E-state index in [2.05, 4.69) is 22.3 Å². The van der Waals surface area contributed by atoms with Gasteiger partial charge in [0.15, 0.2) is 5.76 Å². The molecule has 1 amide bonds. The molecule has 6 heteroatoms. The number of nitrogens with zero attached hydrogens (tertiary/aromatic N) is 1. The number of amides is 1. The normalized spacial score (nSPS) is 9.70. The number of aliphatic hydroxyl groups excluding tert-OH is 1. The van der Waals surface area contributed by atoms with E-state index in [4.69, 9.17) is 9.63 Å². The second-order valence-corrected chi connectivity index (χ2v) is 3.82. The van der Waals surface area contributed by atoms with Crippen LogP contribution in [-0.4, -0.2) is 22.8 Å². The molecule has 0 atom stereocenters. The standard InChI is InChI=1S/C14H11FN2O3/c15-13-4-3-10(2-1-7-18)8-12(13)14(19)16-9-11-5-6-17-20-11/h3-6,8,18H,7,9H2,(H,16,19). The summed E-state index contributed by atoms with van der Waals surface area (Å²) in [6.07, 6.45) is 1.45. The van der Waals surface area contributed by atoms with Crippen molar-refractivity contribution in [1.82, 2.24) is 10.5 Å². The fraction of sp³-hybridized carbons (Fsp3) is 0.143. The summed E-state index contributed by atoms with van der Waals surface area (Å²) in [5.74, 6) is 4.29. The average Bonchev–Trinajstić information content (AvgIpc) is 2.97. The maximum Gasteiger partial charge on any atom is 0.254 e. The number of halogens is 1. The zero-order valence-corrected chi connectivity index (χ0v) is 10.4. The summed E-state index contributed by atoms with van der Waals surface area (Å²) in [6.45, 7) is -0.185. The monoisotopic (exact) mass is 274 g/mol. The highest BCUT2D eigenvalue weighted by molar-refractivity contribution is 5.94. The molecule has 20 heavy (non-hydrogen) atoms. The van der Waals surface area contributed by atoms with Crippen LogP contribution in [0.5, 0.6) is 0 Å². The molecular weight excluding hydrogens is 263 g/mol. The predicted octanol–water partition coefficient (Wildman–Crippen LogP) is 1.09. The van der Waals surface area contributed by atoms with E-state index >= 15 is 0 Å². The van der Waals surface area contributed by atoms with E-state index < -0.39 is 11.7 Å². The van der Waals surface area contributed by atoms with Gasteiger partial charge in [0.05, 0.1) is 18.3 Å². The number of hydrogen-bond acceptors (Lipinski definition) is 4. The lowest BCUT2D eigenvalue weighted by Crippen LogP contribution is -2.23. The van der Waals surface area contributed by atoms with Crippen LogP contribution in [0.15, 0.2) is 35.0 Å². The van der Waals surface area contributed by atoms with E-state index in [0.29, 0.717) is 11.3 Å². The van der Waals surface area contributed by atoms with Crippen LogP contribution in [0.2, 0.25) is 0 Å². The van der Waals surface area contributed by atoms with Gasteiger partial charge in [-0.25, -0.2) is 4.39 Å². The van der Waals surface area contributed by atoms with Crippen LogP contribution in [0.4, 0.5) is 4.39 Å². The van der Waals surface area contributed by atoms with Crippen molar-refractivity contribution in [3.05, 3.63) is 53.2 Å². The molecule has 5 nitrogen and oxygen atoms in total. The summed E-state index contributed by atoms with van der Waals surface area (Å²) in [4.78, 5) is 11.9. The minimum absolute atomic E-state index is 0.116. The molecule has 0 radical (unpaired) electrons. The number of nitrogens with one attached hydrogen (secondary N) is 1. The van der Waals surface area contributed by atoms with Crippen molar-refractivity contribution >= 4 is 5.91 Å². The molecule has 2 N–H and O–H groups in total. The molecule has 1 aromatic carbocycles. The first-order valence-corrected chi connectivity index (χ1v) is 5.77. The lowest BCUT2D eigenvalue weighted by atomic mass is 10.1. The van der Waals surface area contributed by atoms with Crippen molar-refractivity contribution in [3.63, 3.8) is 0 Å². The Kier molecular flexibility index (Phi) is 4.47. The van der Waals surface area contributed by atoms with E-state index in [1.54, 1.807) is 6.07 Å². The first-order valence-electron chi connectivity index (χ1n) is 5.77. The second-order valence-electron chi connectivity index (χ2n) is 3.82. The molecule has 0 aliphatic rings. The number of rotatable bonds is 3. The molecule has 2 aromatic rings. The Bertz CT molecular complexity index is 657. The quantitative estimate of drug-likeness (QED) is 0.821. The Balaban J connectivity index is 2.12.